The summed E-state index contributed by atoms with van der Waals surface area (Å²) in [6.07, 6.45) is 0. The van der Waals surface area contributed by atoms with E-state index in [0.717, 1.165) is 0 Å². The van der Waals surface area contributed by atoms with Crippen LogP contribution in [0.4, 0.5) is 0 Å². The third-order valence-corrected chi connectivity index (χ3v) is 13.0. The number of carboxylic acid groups (broad SMARTS) is 4. The van der Waals surface area contributed by atoms with Crippen molar-refractivity contribution < 1.29 is 78.0 Å². The fourth-order valence-electron chi connectivity index (χ4n) is 9.48. The quantitative estimate of drug-likeness (QED) is 0.0620. The van der Waals surface area contributed by atoms with Crippen molar-refractivity contribution >= 4 is 68.0 Å². The Balaban J connectivity index is 0.00000651. The molecule has 0 spiro atoms. The maximum atomic E-state index is 12.1. The third kappa shape index (κ3) is 9.40. The average Bonchev–Trinajstić information content (AvgIpc) is 4.33. The van der Waals surface area contributed by atoms with Crippen molar-refractivity contribution in [1.29, 1.82) is 0 Å². The number of hydrogen-bond acceptors (Lipinski definition) is 14. The van der Waals surface area contributed by atoms with E-state index in [2.05, 4.69) is 9.97 Å². The zero-order valence-corrected chi connectivity index (χ0v) is 44.6. The molecular weight excluding hydrogens is 1090 g/mol. The number of aromatic carboxylic acids is 4. The molecule has 20 nitrogen and oxygen atoms in total. The Bertz CT molecular complexity index is 4380. The number of aromatic nitrogens is 8. The van der Waals surface area contributed by atoms with Crippen LogP contribution in [0.15, 0.2) is 170 Å². The van der Waals surface area contributed by atoms with E-state index in [-0.39, 0.29) is 134 Å². The fourth-order valence-corrected chi connectivity index (χ4v) is 9.48. The predicted octanol–water partition coefficient (Wildman–Crippen LogP) is 12.8. The Labute approximate surface area is 467 Å². The minimum Gasteiger partial charge on any atom is -0.478 e. The Morgan fingerprint density at radius 2 is 0.630 bits per heavy atom. The number of carboxylic acids is 4. The molecule has 0 radical (unpaired) electrons. The second kappa shape index (κ2) is 20.3. The number of carbonyl (C=O) groups is 4. The van der Waals surface area contributed by atoms with Gasteiger partial charge in [0.2, 0.25) is 0 Å². The van der Waals surface area contributed by atoms with Gasteiger partial charge in [-0.25, -0.2) is 49.1 Å². The van der Waals surface area contributed by atoms with Crippen molar-refractivity contribution in [2.45, 2.75) is 0 Å². The molecule has 0 saturated carbocycles. The molecule has 6 N–H and O–H groups in total. The number of H-pyrrole nitrogens is 2. The summed E-state index contributed by atoms with van der Waals surface area (Å²) < 4.78 is 25.9. The van der Waals surface area contributed by atoms with Crippen molar-refractivity contribution in [3.05, 3.63) is 192 Å². The molecular formula is C60H34N8O12Zn+2. The second-order valence-electron chi connectivity index (χ2n) is 18.1. The smallest absolute Gasteiger partial charge is 0.478 e. The van der Waals surface area contributed by atoms with Gasteiger partial charge in [0.1, 0.15) is 68.6 Å². The van der Waals surface area contributed by atoms with Crippen LogP contribution in [0.1, 0.15) is 41.4 Å². The fraction of sp³-hybridized carbons (Fsp3) is 0. The molecule has 0 aliphatic carbocycles. The Kier molecular flexibility index (Phi) is 12.7. The minimum absolute atomic E-state index is 0. The summed E-state index contributed by atoms with van der Waals surface area (Å²) in [6.45, 7) is 0. The molecule has 0 amide bonds. The normalized spacial score (nSPS) is 11.3. The molecule has 2 aliphatic heterocycles. The number of nitrogens with one attached hydrogen (secondary N) is 2. The minimum atomic E-state index is -1.15. The van der Waals surface area contributed by atoms with Gasteiger partial charge in [0, 0.05) is 21.9 Å². The van der Waals surface area contributed by atoms with Gasteiger partial charge < -0.3 is 49.3 Å². The first kappa shape index (κ1) is 50.6. The van der Waals surface area contributed by atoms with Crippen LogP contribution in [0.5, 0.6) is 46.0 Å². The second-order valence-corrected chi connectivity index (χ2v) is 18.1. The number of fused-ring (bicyclic) bond motifs is 20. The zero-order chi connectivity index (χ0) is 54.8. The van der Waals surface area contributed by atoms with Crippen molar-refractivity contribution in [3.8, 4) is 91.5 Å². The average molecular weight is 1120 g/mol. The van der Waals surface area contributed by atoms with Gasteiger partial charge in [-0.2, -0.15) is 0 Å². The van der Waals surface area contributed by atoms with E-state index < -0.39 is 23.9 Å². The summed E-state index contributed by atoms with van der Waals surface area (Å²) in [4.78, 5) is 85.9. The number of benzene rings is 8. The number of ether oxygens (including phenoxy) is 4. The molecule has 81 heavy (non-hydrogen) atoms. The molecule has 13 rings (SSSR count). The van der Waals surface area contributed by atoms with Crippen LogP contribution >= 0.6 is 0 Å². The summed E-state index contributed by atoms with van der Waals surface area (Å²) in [5.74, 6) is -2.18. The summed E-state index contributed by atoms with van der Waals surface area (Å²) in [5, 5.41) is 41.2. The van der Waals surface area contributed by atoms with E-state index in [4.69, 9.17) is 48.9 Å². The van der Waals surface area contributed by atoms with Crippen LogP contribution in [-0.2, 0) is 19.5 Å². The van der Waals surface area contributed by atoms with Crippen LogP contribution in [0.3, 0.4) is 0 Å². The van der Waals surface area contributed by atoms with Gasteiger partial charge in [-0.1, -0.05) is 72.8 Å². The van der Waals surface area contributed by atoms with Gasteiger partial charge >= 0.3 is 43.4 Å². The van der Waals surface area contributed by atoms with E-state index in [9.17, 15) is 39.6 Å². The number of rotatable bonds is 12. The van der Waals surface area contributed by atoms with Crippen LogP contribution < -0.4 is 18.9 Å². The van der Waals surface area contributed by atoms with Gasteiger partial charge in [-0.05, 0) is 97.1 Å². The van der Waals surface area contributed by atoms with Crippen molar-refractivity contribution in [2.24, 2.45) is 0 Å². The van der Waals surface area contributed by atoms with Crippen LogP contribution in [0.25, 0.3) is 89.7 Å². The third-order valence-electron chi connectivity index (χ3n) is 13.0. The number of nitrogens with zero attached hydrogens (tertiary/aromatic N) is 6. The predicted molar refractivity (Wildman–Crippen MR) is 290 cm³/mol. The Morgan fingerprint density at radius 1 is 0.333 bits per heavy atom. The molecule has 8 aromatic carbocycles. The van der Waals surface area contributed by atoms with Crippen LogP contribution in [-0.4, -0.2) is 84.2 Å². The van der Waals surface area contributed by atoms with E-state index in [1.165, 1.54) is 48.5 Å². The Hall–Kier alpha value is -11.2. The monoisotopic (exact) mass is 1120 g/mol. The van der Waals surface area contributed by atoms with Gasteiger partial charge in [0.05, 0.1) is 44.2 Å². The van der Waals surface area contributed by atoms with Crippen molar-refractivity contribution in [1.82, 2.24) is 39.9 Å². The zero-order valence-electron chi connectivity index (χ0n) is 41.6. The first-order valence-electron chi connectivity index (χ1n) is 24.3. The SMILES string of the molecule is O=C(O)c1cccc(Oc2cccc3c2-c2nc-3nc3[nH]c(nc4nc(nc5[nH]c(n2)c2cccc(Oc6cccc(C(=O)O)c6)c52)-c2cccc(Oc5cccc(C(=O)O)c5)c2-4)c2cccc(Oc4cccc(C(=O)O)c4)c32)c1.[Zn+2]. The molecule has 5 heterocycles. The first-order chi connectivity index (χ1) is 38.9. The molecule has 8 bridgehead atoms. The van der Waals surface area contributed by atoms with Gasteiger partial charge in [0.25, 0.3) is 0 Å². The molecule has 0 fully saturated rings. The molecule has 0 atom stereocenters. The summed E-state index contributed by atoms with van der Waals surface area (Å²) in [6, 6.07) is 44.9. The standard InChI is InChI=1S/C60H34N8O12.Zn/c69-57(70)29-9-1-13-33(25-29)77-41-21-5-17-37-45(41)53-61-49(37)66-54-47-39(19-7-23-43(47)79-35-15-3-11-31(27-35)59(73)74)51(63-54)68-56-48-40(20-8-24-44(48)80-36-16-4-12-32(28-36)60(75)76)52(64-56)67-55-46-38(50(62-55)65-53)18-6-22-42(46)78-34-14-2-10-30(26-34)58(71)72;/h1-28H,(H,69,70)(H,71,72)(H,73,74)(H,75,76)(H2,61,62,63,64,65,66,67,68);/q;+2. The maximum absolute atomic E-state index is 12.1. The van der Waals surface area contributed by atoms with E-state index in [0.29, 0.717) is 43.8 Å². The molecule has 0 unspecified atom stereocenters. The molecule has 386 valence electrons. The maximum Gasteiger partial charge on any atom is 2.00 e. The number of aromatic amines is 2. The molecule has 11 aromatic rings. The van der Waals surface area contributed by atoms with E-state index in [1.807, 2.05) is 0 Å². The number of hydrogen-bond donors (Lipinski definition) is 6. The van der Waals surface area contributed by atoms with Crippen molar-refractivity contribution in [3.63, 3.8) is 0 Å². The van der Waals surface area contributed by atoms with E-state index >= 15 is 0 Å². The largest absolute Gasteiger partial charge is 2.00 e. The summed E-state index contributed by atoms with van der Waals surface area (Å²) in [5.41, 5.74) is 2.54. The van der Waals surface area contributed by atoms with Crippen LogP contribution in [0.2, 0.25) is 0 Å². The van der Waals surface area contributed by atoms with Crippen LogP contribution in [0, 0.1) is 0 Å². The molecule has 3 aromatic heterocycles. The van der Waals surface area contributed by atoms with Gasteiger partial charge in [0.15, 0.2) is 23.3 Å². The summed E-state index contributed by atoms with van der Waals surface area (Å²) in [7, 11) is 0. The van der Waals surface area contributed by atoms with E-state index in [1.54, 1.807) is 121 Å². The Morgan fingerprint density at radius 3 is 0.975 bits per heavy atom. The topological polar surface area (TPSA) is 295 Å². The molecule has 0 saturated heterocycles. The van der Waals surface area contributed by atoms with Gasteiger partial charge in [-0.15, -0.1) is 0 Å². The molecule has 21 heteroatoms. The molecule has 2 aliphatic rings. The summed E-state index contributed by atoms with van der Waals surface area (Å²) >= 11 is 0. The van der Waals surface area contributed by atoms with Gasteiger partial charge in [-0.3, -0.25) is 0 Å². The first-order valence-corrected chi connectivity index (χ1v) is 24.3. The van der Waals surface area contributed by atoms with Crippen molar-refractivity contribution in [2.75, 3.05) is 0 Å².